The first kappa shape index (κ1) is 15.1. The van der Waals surface area contributed by atoms with Crippen LogP contribution in [0.3, 0.4) is 0 Å². The number of hydrogen-bond donors (Lipinski definition) is 2. The van der Waals surface area contributed by atoms with Gasteiger partial charge in [-0.15, -0.1) is 0 Å². The number of carbonyl (C=O) groups excluding carboxylic acids is 1. The van der Waals surface area contributed by atoms with Gasteiger partial charge in [-0.2, -0.15) is 0 Å². The highest BCUT2D eigenvalue weighted by Crippen LogP contribution is 2.26. The van der Waals surface area contributed by atoms with Crippen molar-refractivity contribution in [2.75, 3.05) is 19.6 Å². The molecule has 4 atom stereocenters. The first-order chi connectivity index (χ1) is 9.40. The fourth-order valence-corrected chi connectivity index (χ4v) is 3.22. The maximum atomic E-state index is 12.5. The van der Waals surface area contributed by atoms with Crippen LogP contribution in [0.15, 0.2) is 0 Å². The summed E-state index contributed by atoms with van der Waals surface area (Å²) in [6, 6.07) is -0.0487. The van der Waals surface area contributed by atoms with Crippen LogP contribution >= 0.6 is 0 Å². The third-order valence-corrected chi connectivity index (χ3v) is 4.65. The third-order valence-electron chi connectivity index (χ3n) is 4.65. The molecule has 0 spiro atoms. The molecule has 2 N–H and O–H groups in total. The number of carbonyl (C=O) groups is 2. The molecule has 0 aromatic rings. The molecule has 0 aromatic heterocycles. The summed E-state index contributed by atoms with van der Waals surface area (Å²) in [5, 5.41) is 18.6. The minimum atomic E-state index is -0.765. The number of likely N-dealkylation sites (tertiary alicyclic amines) is 2. The predicted octanol–water partition coefficient (Wildman–Crippen LogP) is 0.994. The molecule has 0 aliphatic carbocycles. The van der Waals surface area contributed by atoms with Gasteiger partial charge in [0, 0.05) is 31.6 Å². The molecule has 2 aliphatic rings. The highest BCUT2D eigenvalue weighted by molar-refractivity contribution is 5.76. The van der Waals surface area contributed by atoms with Crippen molar-refractivity contribution in [3.05, 3.63) is 0 Å². The normalized spacial score (nSPS) is 32.2. The van der Waals surface area contributed by atoms with Crippen molar-refractivity contribution in [2.45, 2.75) is 45.3 Å². The average Bonchev–Trinajstić information content (AvgIpc) is 2.87. The average molecular weight is 284 g/mol. The zero-order valence-corrected chi connectivity index (χ0v) is 12.2. The molecule has 0 saturated carbocycles. The van der Waals surface area contributed by atoms with Crippen LogP contribution < -0.4 is 0 Å². The van der Waals surface area contributed by atoms with Gasteiger partial charge < -0.3 is 20.0 Å². The van der Waals surface area contributed by atoms with Gasteiger partial charge in [0.25, 0.3) is 0 Å². The molecule has 0 bridgehead atoms. The van der Waals surface area contributed by atoms with Crippen LogP contribution in [0.4, 0.5) is 4.79 Å². The van der Waals surface area contributed by atoms with Crippen LogP contribution in [0.25, 0.3) is 0 Å². The van der Waals surface area contributed by atoms with E-state index in [1.54, 1.807) is 16.7 Å². The summed E-state index contributed by atoms with van der Waals surface area (Å²) < 4.78 is 0. The van der Waals surface area contributed by atoms with Crippen molar-refractivity contribution < 1.29 is 19.8 Å². The van der Waals surface area contributed by atoms with Crippen LogP contribution in [0.2, 0.25) is 0 Å². The quantitative estimate of drug-likeness (QED) is 0.792. The molecular weight excluding hydrogens is 260 g/mol. The van der Waals surface area contributed by atoms with E-state index in [9.17, 15) is 14.7 Å². The Hall–Kier alpha value is -1.30. The molecule has 0 aromatic carbocycles. The number of rotatable bonds is 2. The predicted molar refractivity (Wildman–Crippen MR) is 73.3 cm³/mol. The summed E-state index contributed by atoms with van der Waals surface area (Å²) in [6.07, 6.45) is 1.50. The minimum absolute atomic E-state index is 0.00973. The summed E-state index contributed by atoms with van der Waals surface area (Å²) in [5.41, 5.74) is 0. The molecule has 2 fully saturated rings. The molecule has 2 rings (SSSR count). The van der Waals surface area contributed by atoms with Crippen LogP contribution in [0.1, 0.15) is 33.1 Å². The first-order valence-corrected chi connectivity index (χ1v) is 7.36. The van der Waals surface area contributed by atoms with Crippen LogP contribution in [0.5, 0.6) is 0 Å². The van der Waals surface area contributed by atoms with Crippen molar-refractivity contribution in [1.82, 2.24) is 9.80 Å². The van der Waals surface area contributed by atoms with Gasteiger partial charge in [0.15, 0.2) is 0 Å². The number of aliphatic hydroxyl groups excluding tert-OH is 1. The van der Waals surface area contributed by atoms with E-state index in [2.05, 4.69) is 0 Å². The van der Waals surface area contributed by atoms with E-state index in [1.165, 1.54) is 0 Å². The van der Waals surface area contributed by atoms with Gasteiger partial charge in [0.05, 0.1) is 12.0 Å². The van der Waals surface area contributed by atoms with Crippen molar-refractivity contribution >= 4 is 12.0 Å². The highest BCUT2D eigenvalue weighted by atomic mass is 16.4. The van der Waals surface area contributed by atoms with Gasteiger partial charge in [-0.1, -0.05) is 0 Å². The fourth-order valence-electron chi connectivity index (χ4n) is 3.22. The van der Waals surface area contributed by atoms with Crippen molar-refractivity contribution in [1.29, 1.82) is 0 Å². The Morgan fingerprint density at radius 2 is 1.95 bits per heavy atom. The van der Waals surface area contributed by atoms with Crippen LogP contribution in [-0.2, 0) is 4.79 Å². The molecule has 6 nitrogen and oxygen atoms in total. The Balaban J connectivity index is 1.92. The monoisotopic (exact) mass is 284 g/mol. The molecule has 2 amide bonds. The lowest BCUT2D eigenvalue weighted by Crippen LogP contribution is -2.51. The maximum absolute atomic E-state index is 12.5. The zero-order chi connectivity index (χ0) is 14.9. The number of piperidine rings is 1. The van der Waals surface area contributed by atoms with Gasteiger partial charge in [-0.25, -0.2) is 4.79 Å². The number of urea groups is 1. The van der Waals surface area contributed by atoms with E-state index in [-0.39, 0.29) is 30.0 Å². The Kier molecular flexibility index (Phi) is 4.52. The summed E-state index contributed by atoms with van der Waals surface area (Å²) in [6.45, 7) is 5.46. The SMILES string of the molecule is CC(O)C1CCN(C(=O)N2CCC(C(=O)O)CC2C)C1. The molecule has 0 radical (unpaired) electrons. The summed E-state index contributed by atoms with van der Waals surface area (Å²) >= 11 is 0. The maximum Gasteiger partial charge on any atom is 0.320 e. The highest BCUT2D eigenvalue weighted by Gasteiger charge is 2.37. The summed E-state index contributed by atoms with van der Waals surface area (Å²) in [7, 11) is 0. The lowest BCUT2D eigenvalue weighted by Gasteiger charge is -2.38. The second-order valence-electron chi connectivity index (χ2n) is 6.12. The van der Waals surface area contributed by atoms with E-state index in [0.717, 1.165) is 6.42 Å². The number of carboxylic acids is 1. The molecule has 114 valence electrons. The molecule has 2 aliphatic heterocycles. The topological polar surface area (TPSA) is 81.1 Å². The van der Waals surface area contributed by atoms with E-state index in [1.807, 2.05) is 6.92 Å². The van der Waals surface area contributed by atoms with Crippen molar-refractivity contribution in [3.8, 4) is 0 Å². The van der Waals surface area contributed by atoms with Crippen LogP contribution in [-0.4, -0.2) is 63.8 Å². The Labute approximate surface area is 119 Å². The zero-order valence-electron chi connectivity index (χ0n) is 12.2. The van der Waals surface area contributed by atoms with E-state index >= 15 is 0 Å². The second-order valence-corrected chi connectivity index (χ2v) is 6.12. The van der Waals surface area contributed by atoms with E-state index in [4.69, 9.17) is 5.11 Å². The Morgan fingerprint density at radius 3 is 2.45 bits per heavy atom. The lowest BCUT2D eigenvalue weighted by molar-refractivity contribution is -0.143. The molecule has 2 heterocycles. The molecule has 4 unspecified atom stereocenters. The first-order valence-electron chi connectivity index (χ1n) is 7.36. The number of amides is 2. The summed E-state index contributed by atoms with van der Waals surface area (Å²) in [4.78, 5) is 27.1. The van der Waals surface area contributed by atoms with Gasteiger partial charge in [0.1, 0.15) is 0 Å². The number of aliphatic hydroxyl groups is 1. The molecule has 20 heavy (non-hydrogen) atoms. The van der Waals surface area contributed by atoms with Crippen LogP contribution in [0, 0.1) is 11.8 Å². The summed E-state index contributed by atoms with van der Waals surface area (Å²) in [5.74, 6) is -0.942. The largest absolute Gasteiger partial charge is 0.481 e. The van der Waals surface area contributed by atoms with Gasteiger partial charge in [0.2, 0.25) is 0 Å². The third kappa shape index (κ3) is 3.06. The molecule has 6 heteroatoms. The second kappa shape index (κ2) is 5.99. The smallest absolute Gasteiger partial charge is 0.320 e. The minimum Gasteiger partial charge on any atom is -0.481 e. The number of carboxylic acid groups (broad SMARTS) is 1. The van der Waals surface area contributed by atoms with E-state index < -0.39 is 5.97 Å². The van der Waals surface area contributed by atoms with Crippen molar-refractivity contribution in [3.63, 3.8) is 0 Å². The fraction of sp³-hybridized carbons (Fsp3) is 0.857. The van der Waals surface area contributed by atoms with Gasteiger partial charge in [-0.3, -0.25) is 4.79 Å². The number of aliphatic carboxylic acids is 1. The lowest BCUT2D eigenvalue weighted by atomic mass is 9.92. The van der Waals surface area contributed by atoms with Crippen molar-refractivity contribution in [2.24, 2.45) is 11.8 Å². The molecule has 2 saturated heterocycles. The molecular formula is C14H24N2O4. The number of hydrogen-bond acceptors (Lipinski definition) is 3. The van der Waals surface area contributed by atoms with Gasteiger partial charge in [-0.05, 0) is 33.1 Å². The van der Waals surface area contributed by atoms with E-state index in [0.29, 0.717) is 32.5 Å². The Morgan fingerprint density at radius 1 is 1.25 bits per heavy atom. The number of nitrogens with zero attached hydrogens (tertiary/aromatic N) is 2. The Bertz CT molecular complexity index is 385. The standard InChI is InChI=1S/C14H24N2O4/c1-9-7-11(13(18)19)4-6-16(9)14(20)15-5-3-12(8-15)10(2)17/h9-12,17H,3-8H2,1-2H3,(H,18,19). The van der Waals surface area contributed by atoms with Gasteiger partial charge >= 0.3 is 12.0 Å².